The van der Waals surface area contributed by atoms with Gasteiger partial charge in [0.05, 0.1) is 29.8 Å². The number of hydrogen-bond donors (Lipinski definition) is 4. The van der Waals surface area contributed by atoms with Gasteiger partial charge in [0.15, 0.2) is 0 Å². The molecule has 3 rings (SSSR count). The van der Waals surface area contributed by atoms with Crippen molar-refractivity contribution in [3.63, 3.8) is 0 Å². The smallest absolute Gasteiger partial charge is 0.216 e. The Bertz CT molecular complexity index is 1340. The molecule has 0 spiro atoms. The molecule has 0 saturated carbocycles. The number of carbonyl (C=O) groups is 2. The quantitative estimate of drug-likeness (QED) is 0.243. The number of nitrogens with zero attached hydrogens (tertiary/aromatic N) is 1. The summed E-state index contributed by atoms with van der Waals surface area (Å²) in [6.45, 7) is 5.21. The first kappa shape index (κ1) is 33.9. The molecular formula is C31H37Cl2F2N3O4. The van der Waals surface area contributed by atoms with Crippen molar-refractivity contribution in [1.82, 2.24) is 10.6 Å². The molecule has 2 aromatic rings. The molecule has 228 valence electrons. The van der Waals surface area contributed by atoms with E-state index in [0.717, 1.165) is 6.07 Å². The second-order valence-corrected chi connectivity index (χ2v) is 12.6. The van der Waals surface area contributed by atoms with E-state index in [-0.39, 0.29) is 58.5 Å². The van der Waals surface area contributed by atoms with Crippen LogP contribution in [0.25, 0.3) is 0 Å². The molecular weight excluding hydrogens is 587 g/mol. The van der Waals surface area contributed by atoms with Crippen molar-refractivity contribution in [3.8, 4) is 6.07 Å². The van der Waals surface area contributed by atoms with Crippen molar-refractivity contribution >= 4 is 34.9 Å². The lowest BCUT2D eigenvalue weighted by Crippen LogP contribution is -2.45. The summed E-state index contributed by atoms with van der Waals surface area (Å²) in [6.07, 6.45) is 0.174. The van der Waals surface area contributed by atoms with Crippen LogP contribution in [0.2, 0.25) is 10.0 Å². The van der Waals surface area contributed by atoms with Crippen molar-refractivity contribution < 1.29 is 28.6 Å². The molecule has 1 fully saturated rings. The van der Waals surface area contributed by atoms with E-state index in [1.54, 1.807) is 0 Å². The SMILES string of the molecule is CC(=O)NCCC(C)(C)C[C@@H]1N[C@@H](C(=O)CCC[C@H](O)CO)[C@H](c2cccc(Cl)c2F)[C@@]1(C#N)c1ccc(Cl)cc1F. The summed E-state index contributed by atoms with van der Waals surface area (Å²) >= 11 is 12.2. The average molecular weight is 625 g/mol. The lowest BCUT2D eigenvalue weighted by atomic mass is 9.62. The van der Waals surface area contributed by atoms with Gasteiger partial charge in [0, 0.05) is 42.4 Å². The molecule has 0 aromatic heterocycles. The molecule has 1 aliphatic rings. The molecule has 0 unspecified atom stereocenters. The molecule has 0 bridgehead atoms. The molecule has 1 amide bonds. The van der Waals surface area contributed by atoms with Crippen LogP contribution in [0.3, 0.4) is 0 Å². The summed E-state index contributed by atoms with van der Waals surface area (Å²) in [6, 6.07) is 8.66. The first-order valence-corrected chi connectivity index (χ1v) is 14.7. The van der Waals surface area contributed by atoms with Gasteiger partial charge in [-0.1, -0.05) is 55.2 Å². The Hall–Kier alpha value is -2.61. The van der Waals surface area contributed by atoms with Gasteiger partial charge in [-0.05, 0) is 54.9 Å². The van der Waals surface area contributed by atoms with Gasteiger partial charge in [-0.2, -0.15) is 5.26 Å². The highest BCUT2D eigenvalue weighted by Gasteiger charge is 2.61. The predicted molar refractivity (Wildman–Crippen MR) is 157 cm³/mol. The lowest BCUT2D eigenvalue weighted by Gasteiger charge is -2.38. The third-order valence-electron chi connectivity index (χ3n) is 8.08. The normalized spacial score (nSPS) is 22.9. The highest BCUT2D eigenvalue weighted by atomic mass is 35.5. The molecule has 4 N–H and O–H groups in total. The molecule has 42 heavy (non-hydrogen) atoms. The summed E-state index contributed by atoms with van der Waals surface area (Å²) in [5.74, 6) is -3.29. The van der Waals surface area contributed by atoms with E-state index in [1.165, 1.54) is 37.3 Å². The fraction of sp³-hybridized carbons (Fsp3) is 0.516. The number of rotatable bonds is 13. The minimum absolute atomic E-state index is 0.00167. The molecule has 1 aliphatic heterocycles. The van der Waals surface area contributed by atoms with Crippen molar-refractivity contribution in [3.05, 3.63) is 69.2 Å². The van der Waals surface area contributed by atoms with E-state index in [2.05, 4.69) is 16.7 Å². The summed E-state index contributed by atoms with van der Waals surface area (Å²) in [4.78, 5) is 25.3. The number of halogens is 4. The zero-order valence-electron chi connectivity index (χ0n) is 23.9. The summed E-state index contributed by atoms with van der Waals surface area (Å²) in [5.41, 5.74) is -2.31. The molecule has 0 radical (unpaired) electrons. The number of ketones is 1. The van der Waals surface area contributed by atoms with Crippen LogP contribution in [0.1, 0.15) is 69.9 Å². The van der Waals surface area contributed by atoms with E-state index in [1.807, 2.05) is 13.8 Å². The Kier molecular flexibility index (Phi) is 11.5. The topological polar surface area (TPSA) is 122 Å². The second-order valence-electron chi connectivity index (χ2n) is 11.7. The maximum Gasteiger partial charge on any atom is 0.216 e. The van der Waals surface area contributed by atoms with Crippen LogP contribution in [-0.2, 0) is 15.0 Å². The van der Waals surface area contributed by atoms with Gasteiger partial charge < -0.3 is 20.8 Å². The molecule has 5 atom stereocenters. The van der Waals surface area contributed by atoms with Crippen LogP contribution in [0, 0.1) is 28.4 Å². The van der Waals surface area contributed by atoms with Crippen molar-refractivity contribution in [2.24, 2.45) is 5.41 Å². The number of hydrogen-bond acceptors (Lipinski definition) is 6. The number of Topliss-reactive ketones (excluding diaryl/α,β-unsaturated/α-hetero) is 1. The minimum Gasteiger partial charge on any atom is -0.394 e. The van der Waals surface area contributed by atoms with Crippen LogP contribution >= 0.6 is 23.2 Å². The zero-order valence-corrected chi connectivity index (χ0v) is 25.4. The molecule has 1 saturated heterocycles. The van der Waals surface area contributed by atoms with Crippen LogP contribution in [0.15, 0.2) is 36.4 Å². The van der Waals surface area contributed by atoms with Gasteiger partial charge in [0.1, 0.15) is 22.8 Å². The molecule has 0 aliphatic carbocycles. The highest BCUT2D eigenvalue weighted by Crippen LogP contribution is 2.53. The first-order chi connectivity index (χ1) is 19.8. The molecule has 2 aromatic carbocycles. The number of aliphatic hydroxyl groups excluding tert-OH is 2. The Morgan fingerprint density at radius 2 is 1.95 bits per heavy atom. The van der Waals surface area contributed by atoms with E-state index < -0.39 is 53.2 Å². The van der Waals surface area contributed by atoms with E-state index in [4.69, 9.17) is 28.3 Å². The van der Waals surface area contributed by atoms with Gasteiger partial charge in [-0.3, -0.25) is 9.59 Å². The fourth-order valence-corrected chi connectivity index (χ4v) is 6.33. The third kappa shape index (κ3) is 7.47. The minimum atomic E-state index is -1.77. The first-order valence-electron chi connectivity index (χ1n) is 13.9. The number of nitriles is 1. The largest absolute Gasteiger partial charge is 0.394 e. The summed E-state index contributed by atoms with van der Waals surface area (Å²) in [5, 5.41) is 35.9. The monoisotopic (exact) mass is 623 g/mol. The fourth-order valence-electron chi connectivity index (χ4n) is 5.99. The molecule has 1 heterocycles. The van der Waals surface area contributed by atoms with Gasteiger partial charge >= 0.3 is 0 Å². The second kappa shape index (κ2) is 14.2. The highest BCUT2D eigenvalue weighted by molar-refractivity contribution is 6.31. The van der Waals surface area contributed by atoms with Crippen LogP contribution < -0.4 is 10.6 Å². The van der Waals surface area contributed by atoms with Gasteiger partial charge in [-0.25, -0.2) is 8.78 Å². The van der Waals surface area contributed by atoms with Crippen molar-refractivity contribution in [2.45, 2.75) is 82.4 Å². The van der Waals surface area contributed by atoms with Crippen LogP contribution in [-0.4, -0.2) is 53.2 Å². The molecule has 11 heteroatoms. The number of nitrogens with one attached hydrogen (secondary N) is 2. The third-order valence-corrected chi connectivity index (χ3v) is 8.61. The van der Waals surface area contributed by atoms with Gasteiger partial charge in [-0.15, -0.1) is 0 Å². The number of aliphatic hydroxyl groups is 2. The Morgan fingerprint density at radius 1 is 1.24 bits per heavy atom. The number of benzene rings is 2. The van der Waals surface area contributed by atoms with Crippen LogP contribution in [0.4, 0.5) is 8.78 Å². The Balaban J connectivity index is 2.20. The van der Waals surface area contributed by atoms with E-state index in [0.29, 0.717) is 13.0 Å². The summed E-state index contributed by atoms with van der Waals surface area (Å²) < 4.78 is 31.6. The average Bonchev–Trinajstić information content (AvgIpc) is 3.23. The van der Waals surface area contributed by atoms with Gasteiger partial charge in [0.2, 0.25) is 5.91 Å². The molecule has 7 nitrogen and oxygen atoms in total. The van der Waals surface area contributed by atoms with Gasteiger partial charge in [0.25, 0.3) is 0 Å². The number of amides is 1. The van der Waals surface area contributed by atoms with Crippen molar-refractivity contribution in [1.29, 1.82) is 5.26 Å². The van der Waals surface area contributed by atoms with E-state index in [9.17, 15) is 20.0 Å². The maximum absolute atomic E-state index is 15.8. The van der Waals surface area contributed by atoms with E-state index >= 15 is 8.78 Å². The van der Waals surface area contributed by atoms with Crippen molar-refractivity contribution in [2.75, 3.05) is 13.2 Å². The standard InChI is InChI=1S/C31H37Cl2F2N3O4/c1-18(40)37-13-12-30(2,3)15-26-31(17-36,22-11-10-19(32)14-24(22)34)27(21-7-5-8-23(33)28(21)35)29(38-26)25(42)9-4-6-20(41)16-39/h5,7-8,10-11,14,20,26-27,29,38-39,41H,4,6,9,12-13,15-16H2,1-3H3,(H,37,40)/t20-,26-,27-,29-,31-/m0/s1. The Morgan fingerprint density at radius 3 is 2.57 bits per heavy atom. The maximum atomic E-state index is 15.8. The Labute approximate surface area is 255 Å². The van der Waals surface area contributed by atoms with Crippen LogP contribution in [0.5, 0.6) is 0 Å². The lowest BCUT2D eigenvalue weighted by molar-refractivity contribution is -0.121. The zero-order chi connectivity index (χ0) is 31.2. The summed E-state index contributed by atoms with van der Waals surface area (Å²) in [7, 11) is 0. The predicted octanol–water partition coefficient (Wildman–Crippen LogP) is 5.19. The number of carbonyl (C=O) groups excluding carboxylic acids is 2.